The summed E-state index contributed by atoms with van der Waals surface area (Å²) in [6.07, 6.45) is 2.95. The summed E-state index contributed by atoms with van der Waals surface area (Å²) in [5.74, 6) is 0.0213. The number of amides is 1. The molecule has 27 heavy (non-hydrogen) atoms. The lowest BCUT2D eigenvalue weighted by atomic mass is 9.86. The van der Waals surface area contributed by atoms with Crippen molar-refractivity contribution in [3.8, 4) is 0 Å². The Hall–Kier alpha value is -1.85. The first-order valence-corrected chi connectivity index (χ1v) is 10.5. The lowest BCUT2D eigenvalue weighted by Gasteiger charge is -2.37. The van der Waals surface area contributed by atoms with E-state index in [1.54, 1.807) is 0 Å². The molecule has 2 aromatic carbocycles. The molecule has 1 saturated heterocycles. The van der Waals surface area contributed by atoms with Crippen LogP contribution in [0.3, 0.4) is 0 Å². The number of hydrogen-bond donors (Lipinski definition) is 1. The van der Waals surface area contributed by atoms with Crippen LogP contribution in [-0.4, -0.2) is 50.1 Å². The molecule has 1 aliphatic carbocycles. The zero-order valence-electron chi connectivity index (χ0n) is 15.7. The van der Waals surface area contributed by atoms with E-state index < -0.39 is 0 Å². The second kappa shape index (κ2) is 8.03. The average Bonchev–Trinajstić information content (AvgIpc) is 2.69. The maximum Gasteiger partial charge on any atom is 0.251 e. The Bertz CT molecular complexity index is 813. The quantitative estimate of drug-likeness (QED) is 0.813. The Balaban J connectivity index is 1.49. The highest BCUT2D eigenvalue weighted by Crippen LogP contribution is 2.31. The number of carbonyl (C=O) groups excluding carboxylic acids is 1. The number of aryl methyl sites for hydroxylation is 1. The predicted molar refractivity (Wildman–Crippen MR) is 114 cm³/mol. The summed E-state index contributed by atoms with van der Waals surface area (Å²) in [6, 6.07) is 14.4. The molecule has 0 spiro atoms. The number of fused-ring (bicyclic) bond motifs is 1. The minimum absolute atomic E-state index is 0.0213. The first kappa shape index (κ1) is 18.5. The largest absolute Gasteiger partial charge is 0.369 e. The van der Waals surface area contributed by atoms with Crippen molar-refractivity contribution in [3.05, 3.63) is 63.6 Å². The van der Waals surface area contributed by atoms with Gasteiger partial charge in [0, 0.05) is 47.9 Å². The zero-order valence-corrected chi connectivity index (χ0v) is 17.3. The topological polar surface area (TPSA) is 35.6 Å². The highest BCUT2D eigenvalue weighted by atomic mass is 79.9. The van der Waals surface area contributed by atoms with E-state index in [0.29, 0.717) is 0 Å². The number of anilines is 1. The van der Waals surface area contributed by atoms with Gasteiger partial charge in [0.2, 0.25) is 0 Å². The molecular weight excluding hydrogens is 402 g/mol. The molecule has 1 unspecified atom stereocenters. The van der Waals surface area contributed by atoms with Gasteiger partial charge in [0.25, 0.3) is 5.91 Å². The Morgan fingerprint density at radius 2 is 1.81 bits per heavy atom. The lowest BCUT2D eigenvalue weighted by Crippen LogP contribution is -2.45. The second-order valence-corrected chi connectivity index (χ2v) is 8.54. The third-order valence-electron chi connectivity index (χ3n) is 5.75. The molecule has 5 heteroatoms. The summed E-state index contributed by atoms with van der Waals surface area (Å²) in [5.41, 5.74) is 4.95. The summed E-state index contributed by atoms with van der Waals surface area (Å²) in [6.45, 7) is 4.35. The van der Waals surface area contributed by atoms with E-state index in [4.69, 9.17) is 0 Å². The monoisotopic (exact) mass is 427 g/mol. The fraction of sp³-hybridized carbons (Fsp3) is 0.409. The van der Waals surface area contributed by atoms with Gasteiger partial charge in [-0.3, -0.25) is 4.79 Å². The molecule has 1 heterocycles. The van der Waals surface area contributed by atoms with Crippen LogP contribution in [0.25, 0.3) is 0 Å². The van der Waals surface area contributed by atoms with Crippen molar-refractivity contribution in [2.45, 2.75) is 25.3 Å². The smallest absolute Gasteiger partial charge is 0.251 e. The number of nitrogens with one attached hydrogen (secondary N) is 1. The van der Waals surface area contributed by atoms with Crippen molar-refractivity contribution in [2.24, 2.45) is 0 Å². The highest BCUT2D eigenvalue weighted by Gasteiger charge is 2.25. The van der Waals surface area contributed by atoms with E-state index >= 15 is 0 Å². The summed E-state index contributed by atoms with van der Waals surface area (Å²) in [5, 5.41) is 3.25. The van der Waals surface area contributed by atoms with Crippen molar-refractivity contribution in [3.63, 3.8) is 0 Å². The molecule has 0 saturated carbocycles. The van der Waals surface area contributed by atoms with Crippen molar-refractivity contribution >= 4 is 27.5 Å². The van der Waals surface area contributed by atoms with E-state index in [1.807, 2.05) is 24.3 Å². The van der Waals surface area contributed by atoms with Crippen molar-refractivity contribution in [1.29, 1.82) is 0 Å². The second-order valence-electron chi connectivity index (χ2n) is 7.63. The maximum atomic E-state index is 12.6. The standard InChI is InChI=1S/C22H26BrN3O/c1-25-11-13-26(14-12-25)21-4-2-3-16-7-10-19(15-20(16)21)24-22(27)17-5-8-18(23)9-6-17/h2-6,8-9,19H,7,10-15H2,1H3,(H,24,27). The van der Waals surface area contributed by atoms with E-state index in [9.17, 15) is 4.79 Å². The first-order valence-electron chi connectivity index (χ1n) is 9.71. The minimum atomic E-state index is 0.0213. The molecule has 1 amide bonds. The number of piperazine rings is 1. The summed E-state index contributed by atoms with van der Waals surface area (Å²) in [4.78, 5) is 17.5. The summed E-state index contributed by atoms with van der Waals surface area (Å²) in [7, 11) is 2.19. The molecule has 4 nitrogen and oxygen atoms in total. The molecule has 2 aromatic rings. The van der Waals surface area contributed by atoms with Gasteiger partial charge in [-0.25, -0.2) is 0 Å². The van der Waals surface area contributed by atoms with Gasteiger partial charge in [0.15, 0.2) is 0 Å². The van der Waals surface area contributed by atoms with Crippen LogP contribution in [0.4, 0.5) is 5.69 Å². The van der Waals surface area contributed by atoms with Crippen LogP contribution >= 0.6 is 15.9 Å². The van der Waals surface area contributed by atoms with Crippen LogP contribution in [0.2, 0.25) is 0 Å². The maximum absolute atomic E-state index is 12.6. The van der Waals surface area contributed by atoms with Gasteiger partial charge in [0.1, 0.15) is 0 Å². The molecule has 2 aliphatic rings. The Morgan fingerprint density at radius 3 is 2.56 bits per heavy atom. The van der Waals surface area contributed by atoms with Gasteiger partial charge in [-0.2, -0.15) is 0 Å². The van der Waals surface area contributed by atoms with Gasteiger partial charge < -0.3 is 15.1 Å². The average molecular weight is 428 g/mol. The number of carbonyl (C=O) groups is 1. The SMILES string of the molecule is CN1CCN(c2cccc3c2CC(NC(=O)c2ccc(Br)cc2)CC3)CC1. The Labute approximate surface area is 169 Å². The molecule has 0 radical (unpaired) electrons. The molecule has 4 rings (SSSR count). The van der Waals surface area contributed by atoms with Gasteiger partial charge in [-0.05, 0) is 67.8 Å². The lowest BCUT2D eigenvalue weighted by molar-refractivity contribution is 0.0933. The zero-order chi connectivity index (χ0) is 18.8. The van der Waals surface area contributed by atoms with E-state index in [2.05, 4.69) is 56.3 Å². The molecule has 1 atom stereocenters. The highest BCUT2D eigenvalue weighted by molar-refractivity contribution is 9.10. The third kappa shape index (κ3) is 4.19. The van der Waals surface area contributed by atoms with Crippen LogP contribution in [0, 0.1) is 0 Å². The summed E-state index contributed by atoms with van der Waals surface area (Å²) < 4.78 is 0.988. The third-order valence-corrected chi connectivity index (χ3v) is 6.28. The van der Waals surface area contributed by atoms with Crippen LogP contribution in [0.15, 0.2) is 46.9 Å². The van der Waals surface area contributed by atoms with Gasteiger partial charge >= 0.3 is 0 Å². The molecule has 142 valence electrons. The number of hydrogen-bond acceptors (Lipinski definition) is 3. The van der Waals surface area contributed by atoms with Gasteiger partial charge in [-0.15, -0.1) is 0 Å². The minimum Gasteiger partial charge on any atom is -0.369 e. The van der Waals surface area contributed by atoms with Gasteiger partial charge in [-0.1, -0.05) is 28.1 Å². The molecular formula is C22H26BrN3O. The number of likely N-dealkylation sites (N-methyl/N-ethyl adjacent to an activating group) is 1. The van der Waals surface area contributed by atoms with Crippen LogP contribution < -0.4 is 10.2 Å². The summed E-state index contributed by atoms with van der Waals surface area (Å²) >= 11 is 3.42. The molecule has 0 aromatic heterocycles. The van der Waals surface area contributed by atoms with Crippen LogP contribution in [-0.2, 0) is 12.8 Å². The predicted octanol–water partition coefficient (Wildman–Crippen LogP) is 3.49. The van der Waals surface area contributed by atoms with E-state index in [-0.39, 0.29) is 11.9 Å². The van der Waals surface area contributed by atoms with Crippen molar-refractivity contribution in [1.82, 2.24) is 10.2 Å². The number of rotatable bonds is 3. The molecule has 1 fully saturated rings. The fourth-order valence-electron chi connectivity index (χ4n) is 4.11. The van der Waals surface area contributed by atoms with Gasteiger partial charge in [0.05, 0.1) is 0 Å². The Morgan fingerprint density at radius 1 is 1.07 bits per heavy atom. The van der Waals surface area contributed by atoms with Crippen molar-refractivity contribution in [2.75, 3.05) is 38.1 Å². The number of halogens is 1. The van der Waals surface area contributed by atoms with E-state index in [1.165, 1.54) is 16.8 Å². The normalized spacial score (nSPS) is 20.2. The molecule has 1 aliphatic heterocycles. The molecule has 0 bridgehead atoms. The Kier molecular flexibility index (Phi) is 5.50. The van der Waals surface area contributed by atoms with Crippen LogP contribution in [0.1, 0.15) is 27.9 Å². The molecule has 1 N–H and O–H groups in total. The first-order chi connectivity index (χ1) is 13.1. The fourth-order valence-corrected chi connectivity index (χ4v) is 4.37. The van der Waals surface area contributed by atoms with Crippen LogP contribution in [0.5, 0.6) is 0 Å². The van der Waals surface area contributed by atoms with Crippen molar-refractivity contribution < 1.29 is 4.79 Å². The number of benzene rings is 2. The number of nitrogens with zero attached hydrogens (tertiary/aromatic N) is 2. The van der Waals surface area contributed by atoms with E-state index in [0.717, 1.165) is 55.5 Å².